The molecule has 0 saturated heterocycles. The van der Waals surface area contributed by atoms with Crippen molar-refractivity contribution in [2.45, 2.75) is 56.1 Å². The number of carbonyl (C=O) groups is 1. The lowest BCUT2D eigenvalue weighted by atomic mass is 9.93. The average molecular weight is 448 g/mol. The third-order valence-corrected chi connectivity index (χ3v) is 5.64. The molecule has 12 heteroatoms. The van der Waals surface area contributed by atoms with Gasteiger partial charge in [0.25, 0.3) is 0 Å². The van der Waals surface area contributed by atoms with Gasteiger partial charge >= 0.3 is 5.97 Å². The zero-order valence-electron chi connectivity index (χ0n) is 18.0. The van der Waals surface area contributed by atoms with Crippen molar-refractivity contribution >= 4 is 17.3 Å². The summed E-state index contributed by atoms with van der Waals surface area (Å²) in [5.41, 5.74) is 4.55. The van der Waals surface area contributed by atoms with Crippen molar-refractivity contribution < 1.29 is 29.2 Å². The predicted molar refractivity (Wildman–Crippen MR) is 111 cm³/mol. The quantitative estimate of drug-likeness (QED) is 0.201. The average Bonchev–Trinajstić information content (AvgIpc) is 3.21. The van der Waals surface area contributed by atoms with Gasteiger partial charge in [-0.25, -0.2) is 9.50 Å². The highest BCUT2D eigenvalue weighted by Gasteiger charge is 2.44. The lowest BCUT2D eigenvalue weighted by Gasteiger charge is -2.32. The molecule has 3 rings (SSSR count). The number of carbonyl (C=O) groups excluding carboxylic acids is 1. The molecule has 0 radical (unpaired) electrons. The normalized spacial score (nSPS) is 18.8. The number of methoxy groups -OCH3 is 1. The van der Waals surface area contributed by atoms with E-state index in [9.17, 15) is 20.3 Å². The highest BCUT2D eigenvalue weighted by atomic mass is 16.6. The zero-order valence-corrected chi connectivity index (χ0v) is 18.0. The Labute approximate surface area is 184 Å². The number of nitrogens with two attached hydrogens (primary N) is 1. The second-order valence-electron chi connectivity index (χ2n) is 7.70. The van der Waals surface area contributed by atoms with E-state index in [1.165, 1.54) is 24.0 Å². The van der Waals surface area contributed by atoms with Crippen LogP contribution < -0.4 is 11.1 Å². The van der Waals surface area contributed by atoms with Crippen molar-refractivity contribution in [1.29, 1.82) is 5.26 Å². The van der Waals surface area contributed by atoms with E-state index in [0.29, 0.717) is 5.52 Å². The molecule has 0 spiro atoms. The van der Waals surface area contributed by atoms with Crippen LogP contribution in [0.2, 0.25) is 0 Å². The number of nitrogen functional groups attached to an aromatic ring is 1. The maximum absolute atomic E-state index is 12.0. The van der Waals surface area contributed by atoms with Crippen LogP contribution in [0.1, 0.15) is 38.0 Å². The van der Waals surface area contributed by atoms with E-state index < -0.39 is 23.9 Å². The van der Waals surface area contributed by atoms with E-state index in [2.05, 4.69) is 15.4 Å². The first kappa shape index (κ1) is 23.8. The fourth-order valence-electron chi connectivity index (χ4n) is 3.25. The van der Waals surface area contributed by atoms with E-state index >= 15 is 0 Å². The lowest BCUT2D eigenvalue weighted by Crippen LogP contribution is -2.51. The molecule has 0 amide bonds. The molecule has 1 aliphatic carbocycles. The number of anilines is 1. The SMILES string of the molecule is COC(C#N)(COCN[C@@H](C)C(=O)OC1CCC1)[C@@H](O)[C@@H](O)c1ccc2c(N)ncnn12. The van der Waals surface area contributed by atoms with Crippen molar-refractivity contribution in [3.8, 4) is 6.07 Å². The highest BCUT2D eigenvalue weighted by Crippen LogP contribution is 2.29. The molecule has 5 N–H and O–H groups in total. The molecule has 1 fully saturated rings. The van der Waals surface area contributed by atoms with Crippen molar-refractivity contribution in [2.24, 2.45) is 0 Å². The van der Waals surface area contributed by atoms with Crippen LogP contribution in [0, 0.1) is 11.3 Å². The molecule has 32 heavy (non-hydrogen) atoms. The molecule has 0 aliphatic heterocycles. The van der Waals surface area contributed by atoms with Crippen LogP contribution in [0.5, 0.6) is 0 Å². The summed E-state index contributed by atoms with van der Waals surface area (Å²) in [6.45, 7) is 1.16. The van der Waals surface area contributed by atoms with Crippen LogP contribution in [0.25, 0.3) is 5.52 Å². The minimum absolute atomic E-state index is 0.0187. The summed E-state index contributed by atoms with van der Waals surface area (Å²) in [5.74, 6) is -0.181. The fourth-order valence-corrected chi connectivity index (χ4v) is 3.25. The number of nitriles is 1. The number of nitrogens with one attached hydrogen (secondary N) is 1. The van der Waals surface area contributed by atoms with Gasteiger partial charge in [0.2, 0.25) is 5.60 Å². The number of nitrogens with zero attached hydrogens (tertiary/aromatic N) is 4. The molecule has 12 nitrogen and oxygen atoms in total. The lowest BCUT2D eigenvalue weighted by molar-refractivity contribution is -0.157. The molecule has 1 aliphatic rings. The number of aromatic nitrogens is 3. The number of ether oxygens (including phenoxy) is 3. The molecule has 4 atom stereocenters. The van der Waals surface area contributed by atoms with Gasteiger partial charge in [0, 0.05) is 7.11 Å². The summed E-state index contributed by atoms with van der Waals surface area (Å²) in [4.78, 5) is 15.9. The van der Waals surface area contributed by atoms with Gasteiger partial charge in [-0.05, 0) is 38.3 Å². The Morgan fingerprint density at radius 3 is 2.84 bits per heavy atom. The third kappa shape index (κ3) is 4.82. The van der Waals surface area contributed by atoms with Gasteiger partial charge in [-0.15, -0.1) is 0 Å². The second kappa shape index (κ2) is 10.2. The van der Waals surface area contributed by atoms with Crippen LogP contribution in [0.15, 0.2) is 18.5 Å². The molecule has 0 aromatic carbocycles. The first-order chi connectivity index (χ1) is 15.3. The Bertz CT molecular complexity index is 973. The van der Waals surface area contributed by atoms with Crippen LogP contribution in [0.3, 0.4) is 0 Å². The van der Waals surface area contributed by atoms with Crippen LogP contribution in [-0.2, 0) is 19.0 Å². The van der Waals surface area contributed by atoms with Crippen molar-refractivity contribution in [3.05, 3.63) is 24.2 Å². The number of hydrogen-bond donors (Lipinski definition) is 4. The van der Waals surface area contributed by atoms with Gasteiger partial charge in [-0.1, -0.05) is 0 Å². The van der Waals surface area contributed by atoms with Gasteiger partial charge in [0.1, 0.15) is 42.3 Å². The number of rotatable bonds is 11. The van der Waals surface area contributed by atoms with Crippen molar-refractivity contribution in [3.63, 3.8) is 0 Å². The van der Waals surface area contributed by atoms with Gasteiger partial charge in [-0.3, -0.25) is 10.1 Å². The third-order valence-electron chi connectivity index (χ3n) is 5.64. The number of aliphatic hydroxyl groups excluding tert-OH is 2. The highest BCUT2D eigenvalue weighted by molar-refractivity contribution is 5.75. The molecule has 2 heterocycles. The Morgan fingerprint density at radius 2 is 2.22 bits per heavy atom. The van der Waals surface area contributed by atoms with E-state index in [1.54, 1.807) is 13.0 Å². The molecule has 1 saturated carbocycles. The number of fused-ring (bicyclic) bond motifs is 1. The minimum atomic E-state index is -1.89. The van der Waals surface area contributed by atoms with Gasteiger partial charge in [-0.2, -0.15) is 10.4 Å². The molecule has 1 unspecified atom stereocenters. The maximum atomic E-state index is 12.0. The standard InChI is InChI=1S/C20H28N6O6/c1-12(19(29)32-13-4-3-5-13)24-11-31-9-20(8-21,30-2)17(28)16(27)14-6-7-15-18(22)23-10-25-26(14)15/h6-7,10,12-13,16-17,24,27-28H,3-5,9,11H2,1-2H3,(H2,22,23,25)/t12-,16-,17-,20?/m0/s1. The Balaban J connectivity index is 1.60. The summed E-state index contributed by atoms with van der Waals surface area (Å²) in [5, 5.41) is 38.1. The summed E-state index contributed by atoms with van der Waals surface area (Å²) in [6.07, 6.45) is 0.781. The number of aliphatic hydroxyl groups is 2. The van der Waals surface area contributed by atoms with E-state index in [-0.39, 0.29) is 36.9 Å². The van der Waals surface area contributed by atoms with Crippen molar-refractivity contribution in [2.75, 3.05) is 26.2 Å². The summed E-state index contributed by atoms with van der Waals surface area (Å²) < 4.78 is 17.3. The van der Waals surface area contributed by atoms with E-state index in [1.807, 2.05) is 6.07 Å². The fraction of sp³-hybridized carbons (Fsp3) is 0.600. The Morgan fingerprint density at radius 1 is 1.47 bits per heavy atom. The zero-order chi connectivity index (χ0) is 23.3. The largest absolute Gasteiger partial charge is 0.461 e. The summed E-state index contributed by atoms with van der Waals surface area (Å²) >= 11 is 0. The van der Waals surface area contributed by atoms with Crippen LogP contribution >= 0.6 is 0 Å². The first-order valence-corrected chi connectivity index (χ1v) is 10.2. The summed E-state index contributed by atoms with van der Waals surface area (Å²) in [6, 6.07) is 4.37. The summed E-state index contributed by atoms with van der Waals surface area (Å²) in [7, 11) is 1.23. The molecule has 0 bridgehead atoms. The van der Waals surface area contributed by atoms with Gasteiger partial charge in [0.05, 0.1) is 19.0 Å². The molecule has 2 aromatic heterocycles. The number of esters is 1. The molecular formula is C20H28N6O6. The van der Waals surface area contributed by atoms with Gasteiger partial charge < -0.3 is 30.2 Å². The first-order valence-electron chi connectivity index (χ1n) is 10.2. The Hall–Kier alpha value is -2.82. The van der Waals surface area contributed by atoms with E-state index in [0.717, 1.165) is 19.3 Å². The predicted octanol–water partition coefficient (Wildman–Crippen LogP) is -0.338. The maximum Gasteiger partial charge on any atom is 0.323 e. The second-order valence-corrected chi connectivity index (χ2v) is 7.70. The van der Waals surface area contributed by atoms with Crippen molar-refractivity contribution in [1.82, 2.24) is 19.9 Å². The van der Waals surface area contributed by atoms with E-state index in [4.69, 9.17) is 19.9 Å². The molecule has 2 aromatic rings. The molecule has 174 valence electrons. The topological polar surface area (TPSA) is 177 Å². The minimum Gasteiger partial charge on any atom is -0.461 e. The smallest absolute Gasteiger partial charge is 0.323 e. The molecular weight excluding hydrogens is 420 g/mol. The Kier molecular flexibility index (Phi) is 7.60. The monoisotopic (exact) mass is 448 g/mol. The number of hydrogen-bond acceptors (Lipinski definition) is 11. The van der Waals surface area contributed by atoms with Crippen LogP contribution in [-0.4, -0.2) is 75.1 Å². The van der Waals surface area contributed by atoms with Crippen LogP contribution in [0.4, 0.5) is 5.82 Å². The van der Waals surface area contributed by atoms with Gasteiger partial charge in [0.15, 0.2) is 5.82 Å².